The molecule has 0 unspecified atom stereocenters. The third kappa shape index (κ3) is 2.36. The van der Waals surface area contributed by atoms with Crippen molar-refractivity contribution in [3.63, 3.8) is 0 Å². The number of nitriles is 1. The van der Waals surface area contributed by atoms with Crippen molar-refractivity contribution in [2.45, 2.75) is 70.0 Å². The number of aliphatic hydroxyl groups excluding tert-OH is 2. The lowest BCUT2D eigenvalue weighted by Crippen LogP contribution is -2.63. The average molecular weight is 387 g/mol. The van der Waals surface area contributed by atoms with Gasteiger partial charge in [0.05, 0.1) is 12.2 Å². The van der Waals surface area contributed by atoms with Crippen LogP contribution >= 0.6 is 0 Å². The molecule has 152 valence electrons. The van der Waals surface area contributed by atoms with Crippen molar-refractivity contribution < 1.29 is 24.9 Å². The van der Waals surface area contributed by atoms with Crippen molar-refractivity contribution in [2.75, 3.05) is 6.61 Å². The number of aliphatic hydroxyl groups is 3. The van der Waals surface area contributed by atoms with Crippen molar-refractivity contribution in [1.29, 1.82) is 5.26 Å². The standard InChI is InChI=1S/C22H29NO5/c1-20-6-4-14(25)10-13(20)2-3-15-16-5-7-22(28,18(27)12-24)21(16,8-9-23)11-17(26)19(15)20/h10,15-17,19,24,26,28H,2-8,11-12H2,1H3/t15-,16-,17-,19+,20-,21-,22-/m0/s1. The third-order valence-corrected chi connectivity index (χ3v) is 8.76. The summed E-state index contributed by atoms with van der Waals surface area (Å²) in [7, 11) is 0. The van der Waals surface area contributed by atoms with E-state index in [4.69, 9.17) is 0 Å². The van der Waals surface area contributed by atoms with Gasteiger partial charge in [-0.25, -0.2) is 0 Å². The van der Waals surface area contributed by atoms with E-state index in [1.807, 2.05) is 0 Å². The number of carbonyl (C=O) groups is 2. The first kappa shape index (κ1) is 19.8. The van der Waals surface area contributed by atoms with Crippen LogP contribution in [0.4, 0.5) is 0 Å². The molecule has 6 heteroatoms. The first-order valence-electron chi connectivity index (χ1n) is 10.4. The first-order valence-corrected chi connectivity index (χ1v) is 10.4. The summed E-state index contributed by atoms with van der Waals surface area (Å²) in [6.45, 7) is 1.38. The SMILES string of the molecule is C[C@]12CCC(=O)C=C1CC[C@@H]1[C@@H]2[C@@H](O)C[C@@]2(CC#N)[C@H]1CC[C@]2(O)C(=O)CO. The molecule has 0 spiro atoms. The van der Waals surface area contributed by atoms with Crippen LogP contribution < -0.4 is 0 Å². The number of Topliss-reactive ketones (excluding diaryl/α,β-unsaturated/α-hetero) is 1. The van der Waals surface area contributed by atoms with Gasteiger partial charge in [-0.05, 0) is 67.8 Å². The van der Waals surface area contributed by atoms with E-state index in [-0.39, 0.29) is 48.2 Å². The van der Waals surface area contributed by atoms with Crippen LogP contribution in [0.3, 0.4) is 0 Å². The Morgan fingerprint density at radius 2 is 2.07 bits per heavy atom. The van der Waals surface area contributed by atoms with Gasteiger partial charge >= 0.3 is 0 Å². The highest BCUT2D eigenvalue weighted by atomic mass is 16.3. The van der Waals surface area contributed by atoms with Crippen LogP contribution in [-0.4, -0.2) is 45.2 Å². The second-order valence-corrected chi connectivity index (χ2v) is 9.63. The highest BCUT2D eigenvalue weighted by Gasteiger charge is 2.70. The van der Waals surface area contributed by atoms with Crippen LogP contribution in [0.2, 0.25) is 0 Å². The van der Waals surface area contributed by atoms with E-state index in [2.05, 4.69) is 13.0 Å². The molecule has 0 heterocycles. The Morgan fingerprint density at radius 1 is 1.32 bits per heavy atom. The molecule has 0 amide bonds. The van der Waals surface area contributed by atoms with E-state index in [1.165, 1.54) is 0 Å². The Balaban J connectivity index is 1.78. The molecule has 7 atom stereocenters. The zero-order valence-electron chi connectivity index (χ0n) is 16.4. The number of rotatable bonds is 3. The van der Waals surface area contributed by atoms with Crippen LogP contribution in [0.15, 0.2) is 11.6 Å². The molecule has 0 radical (unpaired) electrons. The highest BCUT2D eigenvalue weighted by Crippen LogP contribution is 2.68. The summed E-state index contributed by atoms with van der Waals surface area (Å²) in [6.07, 6.45) is 4.81. The number of fused-ring (bicyclic) bond motifs is 5. The van der Waals surface area contributed by atoms with E-state index in [0.29, 0.717) is 19.3 Å². The van der Waals surface area contributed by atoms with Crippen molar-refractivity contribution in [3.8, 4) is 6.07 Å². The maximum Gasteiger partial charge on any atom is 0.190 e. The van der Waals surface area contributed by atoms with Crippen molar-refractivity contribution in [2.24, 2.45) is 28.6 Å². The number of nitrogens with zero attached hydrogens (tertiary/aromatic N) is 1. The smallest absolute Gasteiger partial charge is 0.190 e. The third-order valence-electron chi connectivity index (χ3n) is 8.76. The normalized spacial score (nSPS) is 47.4. The van der Waals surface area contributed by atoms with Crippen molar-refractivity contribution in [3.05, 3.63) is 11.6 Å². The Hall–Kier alpha value is -1.55. The minimum Gasteiger partial charge on any atom is -0.393 e. The summed E-state index contributed by atoms with van der Waals surface area (Å²) < 4.78 is 0. The molecule has 4 aliphatic carbocycles. The summed E-state index contributed by atoms with van der Waals surface area (Å²) in [4.78, 5) is 24.5. The van der Waals surface area contributed by atoms with E-state index in [9.17, 15) is 30.2 Å². The molecule has 3 N–H and O–H groups in total. The Kier molecular flexibility index (Phi) is 4.57. The molecule has 4 rings (SSSR count). The lowest BCUT2D eigenvalue weighted by molar-refractivity contribution is -0.186. The second kappa shape index (κ2) is 6.48. The van der Waals surface area contributed by atoms with Crippen molar-refractivity contribution in [1.82, 2.24) is 0 Å². The second-order valence-electron chi connectivity index (χ2n) is 9.63. The minimum atomic E-state index is -1.76. The zero-order chi connectivity index (χ0) is 20.3. The van der Waals surface area contributed by atoms with Gasteiger partial charge in [0.1, 0.15) is 12.2 Å². The van der Waals surface area contributed by atoms with E-state index < -0.39 is 29.5 Å². The Bertz CT molecular complexity index is 784. The molecule has 0 bridgehead atoms. The predicted molar refractivity (Wildman–Crippen MR) is 99.7 cm³/mol. The summed E-state index contributed by atoms with van der Waals surface area (Å²) in [5.74, 6) is -0.477. The Labute approximate surface area is 165 Å². The molecule has 4 aliphatic rings. The lowest BCUT2D eigenvalue weighted by atomic mass is 9.44. The predicted octanol–water partition coefficient (Wildman–Crippen LogP) is 1.68. The topological polar surface area (TPSA) is 119 Å². The largest absolute Gasteiger partial charge is 0.393 e. The summed E-state index contributed by atoms with van der Waals surface area (Å²) in [5.41, 5.74) is -1.90. The zero-order valence-corrected chi connectivity index (χ0v) is 16.4. The van der Waals surface area contributed by atoms with E-state index in [0.717, 1.165) is 18.4 Å². The molecule has 0 aliphatic heterocycles. The lowest BCUT2D eigenvalue weighted by Gasteiger charge is -2.60. The van der Waals surface area contributed by atoms with Gasteiger partial charge in [0.15, 0.2) is 11.6 Å². The summed E-state index contributed by atoms with van der Waals surface area (Å²) in [6, 6.07) is 2.16. The maximum atomic E-state index is 12.5. The number of allylic oxidation sites excluding steroid dienone is 1. The van der Waals surface area contributed by atoms with Gasteiger partial charge in [-0.3, -0.25) is 9.59 Å². The van der Waals surface area contributed by atoms with Gasteiger partial charge in [0.25, 0.3) is 0 Å². The molecular weight excluding hydrogens is 358 g/mol. The molecule has 0 aromatic carbocycles. The summed E-state index contributed by atoms with van der Waals surface area (Å²) >= 11 is 0. The quantitative estimate of drug-likeness (QED) is 0.678. The monoisotopic (exact) mass is 387 g/mol. The highest BCUT2D eigenvalue weighted by molar-refractivity contribution is 5.91. The van der Waals surface area contributed by atoms with Gasteiger partial charge in [-0.2, -0.15) is 5.26 Å². The number of hydrogen-bond acceptors (Lipinski definition) is 6. The molecule has 3 saturated carbocycles. The van der Waals surface area contributed by atoms with Crippen LogP contribution in [0.5, 0.6) is 0 Å². The van der Waals surface area contributed by atoms with Crippen molar-refractivity contribution >= 4 is 11.6 Å². The average Bonchev–Trinajstić information content (AvgIpc) is 2.95. The van der Waals surface area contributed by atoms with Crippen LogP contribution in [0.1, 0.15) is 58.3 Å². The minimum absolute atomic E-state index is 0.00190. The molecule has 0 saturated heterocycles. The fourth-order valence-corrected chi connectivity index (χ4v) is 7.53. The van der Waals surface area contributed by atoms with Gasteiger partial charge in [0, 0.05) is 18.3 Å². The summed E-state index contributed by atoms with van der Waals surface area (Å²) in [5, 5.41) is 41.6. The molecule has 0 aromatic heterocycles. The fraction of sp³-hybridized carbons (Fsp3) is 0.773. The maximum absolute atomic E-state index is 12.5. The van der Waals surface area contributed by atoms with Gasteiger partial charge in [-0.1, -0.05) is 12.5 Å². The van der Waals surface area contributed by atoms with Gasteiger partial charge in [0.2, 0.25) is 0 Å². The number of carbonyl (C=O) groups excluding carboxylic acids is 2. The Morgan fingerprint density at radius 3 is 2.75 bits per heavy atom. The van der Waals surface area contributed by atoms with Gasteiger partial charge < -0.3 is 15.3 Å². The molecule has 28 heavy (non-hydrogen) atoms. The fourth-order valence-electron chi connectivity index (χ4n) is 7.53. The molecule has 3 fully saturated rings. The van der Waals surface area contributed by atoms with E-state index in [1.54, 1.807) is 6.08 Å². The molecule has 6 nitrogen and oxygen atoms in total. The van der Waals surface area contributed by atoms with Gasteiger partial charge in [-0.15, -0.1) is 0 Å². The van der Waals surface area contributed by atoms with Crippen LogP contribution in [-0.2, 0) is 9.59 Å². The number of hydrogen-bond donors (Lipinski definition) is 3. The number of ketones is 2. The first-order chi connectivity index (χ1) is 13.2. The van der Waals surface area contributed by atoms with Crippen LogP contribution in [0, 0.1) is 39.9 Å². The molecule has 0 aromatic rings. The van der Waals surface area contributed by atoms with E-state index >= 15 is 0 Å². The molecular formula is C22H29NO5. The van der Waals surface area contributed by atoms with Crippen LogP contribution in [0.25, 0.3) is 0 Å².